The van der Waals surface area contributed by atoms with Crippen molar-refractivity contribution in [3.8, 4) is 6.07 Å². The summed E-state index contributed by atoms with van der Waals surface area (Å²) in [5, 5.41) is 13.2. The van der Waals surface area contributed by atoms with E-state index in [1.54, 1.807) is 23.1 Å². The molecule has 1 atom stereocenters. The van der Waals surface area contributed by atoms with Crippen LogP contribution in [0.3, 0.4) is 0 Å². The minimum absolute atomic E-state index is 0.0561. The molecule has 0 spiro atoms. The van der Waals surface area contributed by atoms with Crippen molar-refractivity contribution in [2.45, 2.75) is 38.4 Å². The van der Waals surface area contributed by atoms with Crippen LogP contribution in [0, 0.1) is 11.3 Å². The molecule has 0 fully saturated rings. The quantitative estimate of drug-likeness (QED) is 0.833. The SMILES string of the molecule is CC(C)c1cnn(C(CC#N)c2cccc(C(F)(F)F)c2)c1. The molecular formula is C16H16F3N3. The van der Waals surface area contributed by atoms with E-state index in [2.05, 4.69) is 5.10 Å². The minimum Gasteiger partial charge on any atom is -0.264 e. The lowest BCUT2D eigenvalue weighted by molar-refractivity contribution is -0.137. The predicted molar refractivity (Wildman–Crippen MR) is 76.1 cm³/mol. The molecule has 0 bridgehead atoms. The monoisotopic (exact) mass is 307 g/mol. The van der Waals surface area contributed by atoms with E-state index in [1.165, 1.54) is 6.07 Å². The van der Waals surface area contributed by atoms with Gasteiger partial charge in [0, 0.05) is 6.20 Å². The second-order valence-electron chi connectivity index (χ2n) is 5.41. The molecule has 1 aromatic carbocycles. The maximum absolute atomic E-state index is 12.8. The summed E-state index contributed by atoms with van der Waals surface area (Å²) in [5.41, 5.74) is 0.689. The van der Waals surface area contributed by atoms with Gasteiger partial charge < -0.3 is 0 Å². The molecule has 0 aliphatic heterocycles. The number of benzene rings is 1. The summed E-state index contributed by atoms with van der Waals surface area (Å²) < 4.78 is 40.1. The normalized spacial score (nSPS) is 13.1. The average molecular weight is 307 g/mol. The number of rotatable bonds is 4. The molecule has 1 aromatic heterocycles. The van der Waals surface area contributed by atoms with Gasteiger partial charge >= 0.3 is 6.18 Å². The molecule has 1 heterocycles. The molecule has 0 radical (unpaired) electrons. The fourth-order valence-electron chi connectivity index (χ4n) is 2.19. The van der Waals surface area contributed by atoms with Crippen LogP contribution in [0.2, 0.25) is 0 Å². The van der Waals surface area contributed by atoms with Gasteiger partial charge in [0.25, 0.3) is 0 Å². The number of aromatic nitrogens is 2. The summed E-state index contributed by atoms with van der Waals surface area (Å²) in [6, 6.07) is 6.54. The maximum Gasteiger partial charge on any atom is 0.416 e. The molecule has 0 saturated heterocycles. The van der Waals surface area contributed by atoms with E-state index >= 15 is 0 Å². The van der Waals surface area contributed by atoms with Crippen molar-refractivity contribution in [3.05, 3.63) is 53.3 Å². The van der Waals surface area contributed by atoms with Crippen LogP contribution in [0.15, 0.2) is 36.7 Å². The summed E-state index contributed by atoms with van der Waals surface area (Å²) in [5.74, 6) is 0.262. The van der Waals surface area contributed by atoms with Gasteiger partial charge in [0.1, 0.15) is 0 Å². The minimum atomic E-state index is -4.40. The predicted octanol–water partition coefficient (Wildman–Crippen LogP) is 4.53. The van der Waals surface area contributed by atoms with E-state index in [9.17, 15) is 13.2 Å². The van der Waals surface area contributed by atoms with Crippen LogP contribution in [-0.2, 0) is 6.18 Å². The molecule has 2 aromatic rings. The molecule has 0 N–H and O–H groups in total. The second kappa shape index (κ2) is 6.22. The van der Waals surface area contributed by atoms with Crippen LogP contribution < -0.4 is 0 Å². The van der Waals surface area contributed by atoms with Crippen LogP contribution >= 0.6 is 0 Å². The summed E-state index contributed by atoms with van der Waals surface area (Å²) >= 11 is 0. The Morgan fingerprint density at radius 2 is 2.00 bits per heavy atom. The van der Waals surface area contributed by atoms with Crippen molar-refractivity contribution in [1.82, 2.24) is 9.78 Å². The zero-order valence-corrected chi connectivity index (χ0v) is 12.3. The Hall–Kier alpha value is -2.29. The second-order valence-corrected chi connectivity index (χ2v) is 5.41. The fraction of sp³-hybridized carbons (Fsp3) is 0.375. The molecule has 6 heteroatoms. The average Bonchev–Trinajstić information content (AvgIpc) is 2.93. The first-order chi connectivity index (χ1) is 10.3. The molecule has 2 rings (SSSR count). The van der Waals surface area contributed by atoms with Crippen LogP contribution in [0.5, 0.6) is 0 Å². The lowest BCUT2D eigenvalue weighted by Gasteiger charge is -2.17. The number of nitrogens with zero attached hydrogens (tertiary/aromatic N) is 3. The standard InChI is InChI=1S/C16H16F3N3/c1-11(2)13-9-21-22(10-13)15(6-7-20)12-4-3-5-14(8-12)16(17,18)19/h3-5,8-11,15H,6H2,1-2H3. The van der Waals surface area contributed by atoms with E-state index in [4.69, 9.17) is 5.26 Å². The van der Waals surface area contributed by atoms with E-state index in [0.29, 0.717) is 5.56 Å². The lowest BCUT2D eigenvalue weighted by atomic mass is 10.0. The third-order valence-electron chi connectivity index (χ3n) is 3.49. The topological polar surface area (TPSA) is 41.6 Å². The van der Waals surface area contributed by atoms with Gasteiger partial charge in [-0.25, -0.2) is 0 Å². The third-order valence-corrected chi connectivity index (χ3v) is 3.49. The number of halogens is 3. The fourth-order valence-corrected chi connectivity index (χ4v) is 2.19. The molecule has 116 valence electrons. The Labute approximate surface area is 127 Å². The Morgan fingerprint density at radius 1 is 1.27 bits per heavy atom. The zero-order chi connectivity index (χ0) is 16.3. The Balaban J connectivity index is 2.41. The van der Waals surface area contributed by atoms with Gasteiger partial charge in [0.15, 0.2) is 0 Å². The summed E-state index contributed by atoms with van der Waals surface area (Å²) in [6.45, 7) is 4.01. The van der Waals surface area contributed by atoms with Gasteiger partial charge in [-0.3, -0.25) is 4.68 Å². The van der Waals surface area contributed by atoms with Gasteiger partial charge in [0.2, 0.25) is 0 Å². The van der Waals surface area contributed by atoms with E-state index < -0.39 is 17.8 Å². The number of hydrogen-bond acceptors (Lipinski definition) is 2. The lowest BCUT2D eigenvalue weighted by Crippen LogP contribution is -2.13. The highest BCUT2D eigenvalue weighted by atomic mass is 19.4. The molecule has 0 aliphatic carbocycles. The van der Waals surface area contributed by atoms with Gasteiger partial charge in [0.05, 0.1) is 30.3 Å². The smallest absolute Gasteiger partial charge is 0.264 e. The molecule has 22 heavy (non-hydrogen) atoms. The van der Waals surface area contributed by atoms with Crippen LogP contribution in [0.25, 0.3) is 0 Å². The Morgan fingerprint density at radius 3 is 2.55 bits per heavy atom. The Kier molecular flexibility index (Phi) is 4.55. The van der Waals surface area contributed by atoms with Gasteiger partial charge in [-0.2, -0.15) is 23.5 Å². The van der Waals surface area contributed by atoms with Gasteiger partial charge in [-0.15, -0.1) is 0 Å². The molecule has 1 unspecified atom stereocenters. The van der Waals surface area contributed by atoms with E-state index in [-0.39, 0.29) is 12.3 Å². The molecule has 0 amide bonds. The van der Waals surface area contributed by atoms with Crippen LogP contribution in [0.4, 0.5) is 13.2 Å². The van der Waals surface area contributed by atoms with Crippen molar-refractivity contribution in [2.75, 3.05) is 0 Å². The zero-order valence-electron chi connectivity index (χ0n) is 12.3. The number of alkyl halides is 3. The summed E-state index contributed by atoms with van der Waals surface area (Å²) in [6.07, 6.45) is -0.878. The van der Waals surface area contributed by atoms with Crippen molar-refractivity contribution < 1.29 is 13.2 Å². The highest BCUT2D eigenvalue weighted by Gasteiger charge is 2.31. The van der Waals surface area contributed by atoms with E-state index in [1.807, 2.05) is 19.9 Å². The Bertz CT molecular complexity index is 680. The highest BCUT2D eigenvalue weighted by molar-refractivity contribution is 5.29. The van der Waals surface area contributed by atoms with Crippen molar-refractivity contribution >= 4 is 0 Å². The van der Waals surface area contributed by atoms with Crippen molar-refractivity contribution in [2.24, 2.45) is 0 Å². The molecule has 0 saturated carbocycles. The first kappa shape index (κ1) is 16.1. The molecule has 3 nitrogen and oxygen atoms in total. The first-order valence-corrected chi connectivity index (χ1v) is 6.91. The number of nitriles is 1. The van der Waals surface area contributed by atoms with Crippen molar-refractivity contribution in [3.63, 3.8) is 0 Å². The maximum atomic E-state index is 12.8. The summed E-state index contributed by atoms with van der Waals surface area (Å²) in [4.78, 5) is 0. The van der Waals surface area contributed by atoms with E-state index in [0.717, 1.165) is 17.7 Å². The van der Waals surface area contributed by atoms with Gasteiger partial charge in [-0.05, 0) is 29.2 Å². The molecule has 0 aliphatic rings. The van der Waals surface area contributed by atoms with Crippen LogP contribution in [0.1, 0.15) is 48.9 Å². The third kappa shape index (κ3) is 3.48. The first-order valence-electron chi connectivity index (χ1n) is 6.91. The highest BCUT2D eigenvalue weighted by Crippen LogP contribution is 2.32. The number of hydrogen-bond donors (Lipinski definition) is 0. The molecular weight excluding hydrogens is 291 g/mol. The van der Waals surface area contributed by atoms with Gasteiger partial charge in [-0.1, -0.05) is 26.0 Å². The largest absolute Gasteiger partial charge is 0.416 e. The van der Waals surface area contributed by atoms with Crippen molar-refractivity contribution in [1.29, 1.82) is 5.26 Å². The summed E-state index contributed by atoms with van der Waals surface area (Å²) in [7, 11) is 0. The van der Waals surface area contributed by atoms with Crippen LogP contribution in [-0.4, -0.2) is 9.78 Å².